The Labute approximate surface area is 184 Å². The summed E-state index contributed by atoms with van der Waals surface area (Å²) < 4.78 is 27.9. The van der Waals surface area contributed by atoms with Gasteiger partial charge in [-0.3, -0.25) is 14.7 Å². The first-order valence-electron chi connectivity index (χ1n) is 10.7. The van der Waals surface area contributed by atoms with Crippen LogP contribution in [-0.2, 0) is 21.4 Å². The number of hydrogen-bond acceptors (Lipinski definition) is 5. The molecular formula is C24H29N3O3S. The fourth-order valence-electron chi connectivity index (χ4n) is 4.44. The van der Waals surface area contributed by atoms with E-state index in [2.05, 4.69) is 17.0 Å². The van der Waals surface area contributed by atoms with Crippen molar-refractivity contribution in [3.8, 4) is 0 Å². The molecule has 2 aromatic carbocycles. The van der Waals surface area contributed by atoms with E-state index in [-0.39, 0.29) is 11.8 Å². The van der Waals surface area contributed by atoms with E-state index < -0.39 is 26.7 Å². The first-order valence-corrected chi connectivity index (χ1v) is 12.2. The standard InChI is InChI=1S/C24H29N3O3S/c1-24(2,3)27-23(28)21(22(31(27,29)30)19-12-8-5-9-13-19)25-20-14-15-26(17-20)16-18-10-6-4-7-11-18/h4-13,20,22H,14-17H2,1-3H3. The summed E-state index contributed by atoms with van der Waals surface area (Å²) in [4.78, 5) is 20.4. The maximum absolute atomic E-state index is 13.5. The number of rotatable bonds is 4. The second-order valence-corrected chi connectivity index (χ2v) is 11.1. The Hall–Kier alpha value is -2.51. The van der Waals surface area contributed by atoms with Gasteiger partial charge in [-0.1, -0.05) is 60.7 Å². The smallest absolute Gasteiger partial charge is 0.283 e. The first kappa shape index (κ1) is 21.7. The van der Waals surface area contributed by atoms with Gasteiger partial charge >= 0.3 is 0 Å². The highest BCUT2D eigenvalue weighted by Gasteiger charge is 2.54. The fraction of sp³-hybridized carbons (Fsp3) is 0.417. The van der Waals surface area contributed by atoms with Gasteiger partial charge in [0.2, 0.25) is 0 Å². The molecule has 2 aliphatic rings. The van der Waals surface area contributed by atoms with E-state index in [1.807, 2.05) is 24.3 Å². The van der Waals surface area contributed by atoms with Crippen LogP contribution in [0.4, 0.5) is 0 Å². The minimum Gasteiger partial charge on any atom is -0.297 e. The average Bonchev–Trinajstić information content (AvgIpc) is 3.22. The molecule has 1 amide bonds. The molecule has 2 unspecified atom stereocenters. The lowest BCUT2D eigenvalue weighted by atomic mass is 10.0. The van der Waals surface area contributed by atoms with Crippen molar-refractivity contribution in [1.82, 2.24) is 9.21 Å². The van der Waals surface area contributed by atoms with Crippen LogP contribution in [0, 0.1) is 0 Å². The molecule has 2 atom stereocenters. The van der Waals surface area contributed by atoms with Crippen molar-refractivity contribution in [3.63, 3.8) is 0 Å². The molecule has 2 saturated heterocycles. The van der Waals surface area contributed by atoms with Crippen LogP contribution in [0.15, 0.2) is 65.7 Å². The summed E-state index contributed by atoms with van der Waals surface area (Å²) in [6.07, 6.45) is 0.806. The minimum atomic E-state index is -3.90. The Balaban J connectivity index is 1.65. The molecule has 31 heavy (non-hydrogen) atoms. The zero-order valence-electron chi connectivity index (χ0n) is 18.2. The first-order chi connectivity index (χ1) is 14.7. The molecule has 4 rings (SSSR count). The summed E-state index contributed by atoms with van der Waals surface area (Å²) in [5, 5.41) is -1.05. The molecule has 0 bridgehead atoms. The van der Waals surface area contributed by atoms with Crippen LogP contribution >= 0.6 is 0 Å². The Morgan fingerprint density at radius 3 is 2.23 bits per heavy atom. The summed E-state index contributed by atoms with van der Waals surface area (Å²) in [7, 11) is -3.90. The predicted molar refractivity (Wildman–Crippen MR) is 122 cm³/mol. The topological polar surface area (TPSA) is 70.1 Å². The predicted octanol–water partition coefficient (Wildman–Crippen LogP) is 3.41. The molecule has 2 aromatic rings. The van der Waals surface area contributed by atoms with Crippen LogP contribution < -0.4 is 0 Å². The van der Waals surface area contributed by atoms with Gasteiger partial charge in [-0.05, 0) is 38.3 Å². The second kappa shape index (κ2) is 8.20. The highest BCUT2D eigenvalue weighted by molar-refractivity contribution is 7.91. The molecule has 2 aliphatic heterocycles. The van der Waals surface area contributed by atoms with Crippen LogP contribution in [0.5, 0.6) is 0 Å². The molecule has 2 heterocycles. The van der Waals surface area contributed by atoms with Crippen LogP contribution in [0.25, 0.3) is 0 Å². The number of benzene rings is 2. The molecule has 0 radical (unpaired) electrons. The van der Waals surface area contributed by atoms with Crippen LogP contribution in [-0.4, -0.2) is 53.9 Å². The summed E-state index contributed by atoms with van der Waals surface area (Å²) >= 11 is 0. The van der Waals surface area contributed by atoms with Gasteiger partial charge in [0, 0.05) is 19.6 Å². The van der Waals surface area contributed by atoms with Gasteiger partial charge in [0.25, 0.3) is 15.9 Å². The summed E-state index contributed by atoms with van der Waals surface area (Å²) in [6, 6.07) is 19.1. The van der Waals surface area contributed by atoms with E-state index in [0.29, 0.717) is 12.1 Å². The van der Waals surface area contributed by atoms with Crippen LogP contribution in [0.3, 0.4) is 0 Å². The number of carbonyl (C=O) groups is 1. The Kier molecular flexibility index (Phi) is 5.75. The zero-order valence-corrected chi connectivity index (χ0v) is 19.0. The van der Waals surface area contributed by atoms with Crippen molar-refractivity contribution in [1.29, 1.82) is 0 Å². The molecular weight excluding hydrogens is 410 g/mol. The maximum atomic E-state index is 13.5. The summed E-state index contributed by atoms with van der Waals surface area (Å²) in [5.41, 5.74) is 1.11. The molecule has 0 N–H and O–H groups in total. The molecule has 6 nitrogen and oxygen atoms in total. The number of amides is 1. The molecule has 7 heteroatoms. The lowest BCUT2D eigenvalue weighted by molar-refractivity contribution is -0.122. The fourth-order valence-corrected chi connectivity index (χ4v) is 6.69. The molecule has 0 aromatic heterocycles. The van der Waals surface area contributed by atoms with Crippen LogP contribution in [0.2, 0.25) is 0 Å². The van der Waals surface area contributed by atoms with Gasteiger partial charge in [0.15, 0.2) is 5.25 Å². The van der Waals surface area contributed by atoms with E-state index in [0.717, 1.165) is 23.8 Å². The van der Waals surface area contributed by atoms with Crippen LogP contribution in [0.1, 0.15) is 43.6 Å². The average molecular weight is 440 g/mol. The highest BCUT2D eigenvalue weighted by atomic mass is 32.2. The third kappa shape index (κ3) is 4.29. The third-order valence-corrected chi connectivity index (χ3v) is 8.05. The van der Waals surface area contributed by atoms with Crippen molar-refractivity contribution in [2.45, 2.75) is 50.6 Å². The van der Waals surface area contributed by atoms with E-state index in [1.165, 1.54) is 5.56 Å². The second-order valence-electron chi connectivity index (χ2n) is 9.25. The number of likely N-dealkylation sites (tertiary alicyclic amines) is 1. The highest BCUT2D eigenvalue weighted by Crippen LogP contribution is 2.39. The molecule has 0 spiro atoms. The molecule has 0 saturated carbocycles. The van der Waals surface area contributed by atoms with E-state index in [1.54, 1.807) is 45.0 Å². The lowest BCUT2D eigenvalue weighted by Gasteiger charge is -2.30. The Bertz CT molecular complexity index is 1080. The summed E-state index contributed by atoms with van der Waals surface area (Å²) in [5.74, 6) is -0.497. The van der Waals surface area contributed by atoms with Gasteiger partial charge in [-0.25, -0.2) is 12.7 Å². The SMILES string of the molecule is CC(C)(C)N1C(=O)C(=NC2CCN(Cc3ccccc3)C2)C(c2ccccc2)S1(=O)=O. The van der Waals surface area contributed by atoms with E-state index in [4.69, 9.17) is 4.99 Å². The monoisotopic (exact) mass is 439 g/mol. The van der Waals surface area contributed by atoms with Crippen molar-refractivity contribution in [3.05, 3.63) is 71.8 Å². The van der Waals surface area contributed by atoms with E-state index in [9.17, 15) is 13.2 Å². The van der Waals surface area contributed by atoms with Gasteiger partial charge in [0.1, 0.15) is 5.71 Å². The normalized spacial score (nSPS) is 25.5. The van der Waals surface area contributed by atoms with Gasteiger partial charge in [-0.15, -0.1) is 0 Å². The number of hydrogen-bond donors (Lipinski definition) is 0. The maximum Gasteiger partial charge on any atom is 0.283 e. The number of carbonyl (C=O) groups excluding carboxylic acids is 1. The number of aliphatic imine (C=N–C) groups is 1. The van der Waals surface area contributed by atoms with Crippen molar-refractivity contribution in [2.24, 2.45) is 4.99 Å². The van der Waals surface area contributed by atoms with Crippen molar-refractivity contribution < 1.29 is 13.2 Å². The summed E-state index contributed by atoms with van der Waals surface area (Å²) in [6.45, 7) is 7.63. The van der Waals surface area contributed by atoms with Crippen molar-refractivity contribution >= 4 is 21.6 Å². The largest absolute Gasteiger partial charge is 0.297 e. The third-order valence-electron chi connectivity index (χ3n) is 5.73. The number of sulfonamides is 1. The van der Waals surface area contributed by atoms with Gasteiger partial charge in [-0.2, -0.15) is 0 Å². The zero-order chi connectivity index (χ0) is 22.2. The molecule has 164 valence electrons. The quantitative estimate of drug-likeness (QED) is 0.732. The molecule has 2 fully saturated rings. The van der Waals surface area contributed by atoms with Gasteiger partial charge < -0.3 is 0 Å². The lowest BCUT2D eigenvalue weighted by Crippen LogP contribution is -2.45. The number of nitrogens with zero attached hydrogens (tertiary/aromatic N) is 3. The Morgan fingerprint density at radius 2 is 1.61 bits per heavy atom. The minimum absolute atomic E-state index is 0.0935. The van der Waals surface area contributed by atoms with Gasteiger partial charge in [0.05, 0.1) is 11.6 Å². The molecule has 0 aliphatic carbocycles. The Morgan fingerprint density at radius 1 is 1.00 bits per heavy atom. The van der Waals surface area contributed by atoms with E-state index >= 15 is 0 Å². The van der Waals surface area contributed by atoms with Crippen molar-refractivity contribution in [2.75, 3.05) is 13.1 Å².